The Morgan fingerprint density at radius 2 is 0.938 bits per heavy atom. The van der Waals surface area contributed by atoms with Crippen LogP contribution in [0.2, 0.25) is 0 Å². The van der Waals surface area contributed by atoms with Crippen LogP contribution < -0.4 is 4.90 Å². The molecule has 8 aromatic carbocycles. The van der Waals surface area contributed by atoms with Crippen molar-refractivity contribution < 1.29 is 0 Å². The second kappa shape index (κ2) is 10.6. The largest absolute Gasteiger partial charge is 0.310 e. The molecule has 2 nitrogen and oxygen atoms in total. The molecule has 0 saturated carbocycles. The number of fused-ring (bicyclic) bond motifs is 6. The third-order valence-corrected chi connectivity index (χ3v) is 9.93. The molecule has 48 heavy (non-hydrogen) atoms. The standard InChI is InChI=1S/C46H30N2/c1-3-12-33(13-4-1)47(44-29-27-40-37-17-8-7-16-36(37)39-19-11-20-41(44)46(39)40)35-25-22-31(23-26-35)32-24-28-45-42(30-32)38-18-9-10-21-43(38)48(45)34-14-5-2-6-15-34/h1-30H. The molecule has 1 aromatic heterocycles. The molecule has 1 heterocycles. The summed E-state index contributed by atoms with van der Waals surface area (Å²) in [4.78, 5) is 2.40. The van der Waals surface area contributed by atoms with Crippen LogP contribution in [0, 0.1) is 0 Å². The van der Waals surface area contributed by atoms with Gasteiger partial charge >= 0.3 is 0 Å². The fraction of sp³-hybridized carbons (Fsp3) is 0. The van der Waals surface area contributed by atoms with Gasteiger partial charge in [-0.1, -0.05) is 121 Å². The Hall–Kier alpha value is -6.38. The highest BCUT2D eigenvalue weighted by Gasteiger charge is 2.24. The molecule has 0 unspecified atom stereocenters. The van der Waals surface area contributed by atoms with Crippen LogP contribution >= 0.6 is 0 Å². The van der Waals surface area contributed by atoms with Gasteiger partial charge in [0.2, 0.25) is 0 Å². The van der Waals surface area contributed by atoms with Crippen LogP contribution in [0.1, 0.15) is 0 Å². The number of anilines is 3. The highest BCUT2D eigenvalue weighted by atomic mass is 15.1. The lowest BCUT2D eigenvalue weighted by atomic mass is 9.99. The van der Waals surface area contributed by atoms with Crippen molar-refractivity contribution in [3.8, 4) is 39.1 Å². The molecule has 0 fully saturated rings. The van der Waals surface area contributed by atoms with E-state index in [4.69, 9.17) is 0 Å². The monoisotopic (exact) mass is 610 g/mol. The zero-order chi connectivity index (χ0) is 31.6. The second-order valence-corrected chi connectivity index (χ2v) is 12.5. The van der Waals surface area contributed by atoms with E-state index < -0.39 is 0 Å². The molecule has 0 radical (unpaired) electrons. The van der Waals surface area contributed by atoms with Crippen molar-refractivity contribution >= 4 is 49.6 Å². The van der Waals surface area contributed by atoms with Crippen molar-refractivity contribution in [2.45, 2.75) is 0 Å². The number of benzene rings is 8. The molecule has 0 spiro atoms. The SMILES string of the molecule is c1ccc(N(c2ccc(-c3ccc4c(c3)c3ccccc3n4-c3ccccc3)cc2)c2ccc3c4c(cccc24)-c2ccccc2-3)cc1. The Balaban J connectivity index is 1.10. The zero-order valence-electron chi connectivity index (χ0n) is 26.2. The number of hydrogen-bond donors (Lipinski definition) is 0. The normalized spacial score (nSPS) is 11.8. The average molecular weight is 611 g/mol. The van der Waals surface area contributed by atoms with Gasteiger partial charge in [-0.2, -0.15) is 0 Å². The van der Waals surface area contributed by atoms with Gasteiger partial charge in [0.25, 0.3) is 0 Å². The lowest BCUT2D eigenvalue weighted by Gasteiger charge is -2.27. The third-order valence-electron chi connectivity index (χ3n) is 9.93. The summed E-state index contributed by atoms with van der Waals surface area (Å²) in [6, 6.07) is 66.1. The lowest BCUT2D eigenvalue weighted by Crippen LogP contribution is -2.10. The summed E-state index contributed by atoms with van der Waals surface area (Å²) < 4.78 is 2.37. The molecule has 10 rings (SSSR count). The van der Waals surface area contributed by atoms with Crippen LogP contribution in [-0.2, 0) is 0 Å². The van der Waals surface area contributed by atoms with Crippen LogP contribution in [0.25, 0.3) is 71.6 Å². The van der Waals surface area contributed by atoms with E-state index in [-0.39, 0.29) is 0 Å². The van der Waals surface area contributed by atoms with Gasteiger partial charge in [0, 0.05) is 33.2 Å². The average Bonchev–Trinajstić information content (AvgIpc) is 3.67. The summed E-state index contributed by atoms with van der Waals surface area (Å²) in [6.07, 6.45) is 0. The smallest absolute Gasteiger partial charge is 0.0541 e. The summed E-state index contributed by atoms with van der Waals surface area (Å²) >= 11 is 0. The van der Waals surface area contributed by atoms with E-state index in [0.29, 0.717) is 0 Å². The molecular weight excluding hydrogens is 581 g/mol. The predicted octanol–water partition coefficient (Wildman–Crippen LogP) is 12.7. The summed E-state index contributed by atoms with van der Waals surface area (Å²) in [5.74, 6) is 0. The maximum Gasteiger partial charge on any atom is 0.0541 e. The van der Waals surface area contributed by atoms with Crippen molar-refractivity contribution in [3.05, 3.63) is 182 Å². The molecular formula is C46H30N2. The molecule has 2 heteroatoms. The highest BCUT2D eigenvalue weighted by Crippen LogP contribution is 2.51. The molecule has 0 bridgehead atoms. The molecule has 1 aliphatic carbocycles. The first kappa shape index (κ1) is 26.8. The van der Waals surface area contributed by atoms with Gasteiger partial charge in [-0.05, 0) is 99.4 Å². The fourth-order valence-corrected chi connectivity index (χ4v) is 7.80. The molecule has 224 valence electrons. The molecule has 0 aliphatic heterocycles. The van der Waals surface area contributed by atoms with Crippen LogP contribution in [0.15, 0.2) is 182 Å². The molecule has 0 amide bonds. The van der Waals surface area contributed by atoms with E-state index in [2.05, 4.69) is 191 Å². The molecule has 1 aliphatic rings. The minimum Gasteiger partial charge on any atom is -0.310 e. The van der Waals surface area contributed by atoms with E-state index in [1.807, 2.05) is 0 Å². The first-order valence-electron chi connectivity index (χ1n) is 16.5. The topological polar surface area (TPSA) is 8.17 Å². The summed E-state index contributed by atoms with van der Waals surface area (Å²) in [6.45, 7) is 0. The molecule has 0 N–H and O–H groups in total. The zero-order valence-corrected chi connectivity index (χ0v) is 26.2. The van der Waals surface area contributed by atoms with Crippen molar-refractivity contribution in [2.75, 3.05) is 4.90 Å². The summed E-state index contributed by atoms with van der Waals surface area (Å²) in [5, 5.41) is 5.11. The van der Waals surface area contributed by atoms with Crippen LogP contribution in [0.3, 0.4) is 0 Å². The summed E-state index contributed by atoms with van der Waals surface area (Å²) in [5.41, 5.74) is 14.7. The van der Waals surface area contributed by atoms with Crippen LogP contribution in [0.5, 0.6) is 0 Å². The second-order valence-electron chi connectivity index (χ2n) is 12.5. The maximum absolute atomic E-state index is 2.40. The molecule has 9 aromatic rings. The van der Waals surface area contributed by atoms with Gasteiger partial charge in [-0.25, -0.2) is 0 Å². The Labute approximate surface area is 279 Å². The minimum absolute atomic E-state index is 1.13. The quantitative estimate of drug-likeness (QED) is 0.188. The van der Waals surface area contributed by atoms with Crippen LogP contribution in [0.4, 0.5) is 17.1 Å². The first-order valence-corrected chi connectivity index (χ1v) is 16.5. The molecule has 0 atom stereocenters. The van der Waals surface area contributed by atoms with E-state index in [0.717, 1.165) is 11.4 Å². The Morgan fingerprint density at radius 3 is 1.73 bits per heavy atom. The Bertz CT molecular complexity index is 2620. The third kappa shape index (κ3) is 4.00. The van der Waals surface area contributed by atoms with Gasteiger partial charge in [0.1, 0.15) is 0 Å². The van der Waals surface area contributed by atoms with Crippen molar-refractivity contribution in [1.29, 1.82) is 0 Å². The number of hydrogen-bond acceptors (Lipinski definition) is 1. The van der Waals surface area contributed by atoms with E-state index in [1.165, 1.54) is 77.3 Å². The minimum atomic E-state index is 1.13. The van der Waals surface area contributed by atoms with Gasteiger partial charge in [-0.15, -0.1) is 0 Å². The number of nitrogens with zero attached hydrogens (tertiary/aromatic N) is 2. The number of aromatic nitrogens is 1. The van der Waals surface area contributed by atoms with Crippen LogP contribution in [-0.4, -0.2) is 4.57 Å². The van der Waals surface area contributed by atoms with Gasteiger partial charge in [0.05, 0.1) is 16.7 Å². The van der Waals surface area contributed by atoms with Crippen molar-refractivity contribution in [1.82, 2.24) is 4.57 Å². The van der Waals surface area contributed by atoms with Gasteiger partial charge in [-0.3, -0.25) is 0 Å². The fourth-order valence-electron chi connectivity index (χ4n) is 7.80. The number of para-hydroxylation sites is 3. The van der Waals surface area contributed by atoms with E-state index in [1.54, 1.807) is 0 Å². The van der Waals surface area contributed by atoms with Gasteiger partial charge in [0.15, 0.2) is 0 Å². The van der Waals surface area contributed by atoms with Gasteiger partial charge < -0.3 is 9.47 Å². The Morgan fingerprint density at radius 1 is 0.354 bits per heavy atom. The summed E-state index contributed by atoms with van der Waals surface area (Å²) in [7, 11) is 0. The Kier molecular flexibility index (Phi) is 5.91. The maximum atomic E-state index is 2.40. The number of rotatable bonds is 5. The highest BCUT2D eigenvalue weighted by molar-refractivity contribution is 6.19. The van der Waals surface area contributed by atoms with Crippen molar-refractivity contribution in [3.63, 3.8) is 0 Å². The molecule has 0 saturated heterocycles. The van der Waals surface area contributed by atoms with E-state index >= 15 is 0 Å². The predicted molar refractivity (Wildman–Crippen MR) is 203 cm³/mol. The van der Waals surface area contributed by atoms with E-state index in [9.17, 15) is 0 Å². The first-order chi connectivity index (χ1) is 23.8. The van der Waals surface area contributed by atoms with Crippen molar-refractivity contribution in [2.24, 2.45) is 0 Å². The lowest BCUT2D eigenvalue weighted by molar-refractivity contribution is 1.18.